The molecule has 7 heteroatoms. The summed E-state index contributed by atoms with van der Waals surface area (Å²) in [7, 11) is 1.92. The Kier molecular flexibility index (Phi) is 5.69. The summed E-state index contributed by atoms with van der Waals surface area (Å²) in [5.74, 6) is 1.26. The van der Waals surface area contributed by atoms with Crippen molar-refractivity contribution >= 4 is 29.3 Å². The fourth-order valence-corrected chi connectivity index (χ4v) is 4.01. The third-order valence-electron chi connectivity index (χ3n) is 4.77. The van der Waals surface area contributed by atoms with Gasteiger partial charge in [-0.2, -0.15) is 0 Å². The van der Waals surface area contributed by atoms with Crippen molar-refractivity contribution in [2.75, 3.05) is 5.75 Å². The van der Waals surface area contributed by atoms with Crippen LogP contribution in [0.5, 0.6) is 0 Å². The monoisotopic (exact) mass is 412 g/mol. The lowest BCUT2D eigenvalue weighted by molar-refractivity contribution is -0.129. The number of thioether (sulfide) groups is 1. The normalized spacial score (nSPS) is 13.5. The molecule has 0 saturated heterocycles. The zero-order valence-corrected chi connectivity index (χ0v) is 17.2. The molecular weight excluding hydrogens is 392 g/mol. The average molecular weight is 413 g/mol. The number of hydrogen-bond donors (Lipinski definition) is 0. The van der Waals surface area contributed by atoms with Gasteiger partial charge in [0.25, 0.3) is 0 Å². The van der Waals surface area contributed by atoms with E-state index in [1.54, 1.807) is 0 Å². The van der Waals surface area contributed by atoms with Crippen LogP contribution in [0.4, 0.5) is 0 Å². The van der Waals surface area contributed by atoms with Gasteiger partial charge in [-0.1, -0.05) is 53.7 Å². The Hall–Kier alpha value is -2.31. The van der Waals surface area contributed by atoms with Crippen LogP contribution in [0.3, 0.4) is 0 Å². The molecule has 1 aliphatic rings. The summed E-state index contributed by atoms with van der Waals surface area (Å²) in [6.07, 6.45) is 2.18. The van der Waals surface area contributed by atoms with Gasteiger partial charge in [0, 0.05) is 30.2 Å². The summed E-state index contributed by atoms with van der Waals surface area (Å²) in [6, 6.07) is 18.0. The topological polar surface area (TPSA) is 51.0 Å². The largest absolute Gasteiger partial charge is 0.335 e. The Morgan fingerprint density at radius 3 is 2.54 bits per heavy atom. The molecule has 0 aliphatic heterocycles. The number of rotatable bonds is 7. The molecule has 1 fully saturated rings. The highest BCUT2D eigenvalue weighted by atomic mass is 35.5. The first-order valence-electron chi connectivity index (χ1n) is 9.23. The van der Waals surface area contributed by atoms with Crippen LogP contribution in [0.25, 0.3) is 11.4 Å². The molecule has 0 spiro atoms. The molecule has 28 heavy (non-hydrogen) atoms. The van der Waals surface area contributed by atoms with Gasteiger partial charge < -0.3 is 9.47 Å². The molecule has 1 amide bonds. The smallest absolute Gasteiger partial charge is 0.233 e. The molecule has 144 valence electrons. The van der Waals surface area contributed by atoms with E-state index in [1.165, 1.54) is 11.8 Å². The van der Waals surface area contributed by atoms with Crippen LogP contribution in [-0.4, -0.2) is 37.4 Å². The highest BCUT2D eigenvalue weighted by molar-refractivity contribution is 7.99. The predicted molar refractivity (Wildman–Crippen MR) is 112 cm³/mol. The standard InChI is InChI=1S/C21H21ClN4OS/c1-25-20(16-7-9-17(22)10-8-16)23-24-21(25)28-14-19(27)26(18-11-12-18)13-15-5-3-2-4-6-15/h2-10,18H,11-14H2,1H3. The van der Waals surface area contributed by atoms with Crippen LogP contribution >= 0.6 is 23.4 Å². The SMILES string of the molecule is Cn1c(SCC(=O)N(Cc2ccccc2)C2CC2)nnc1-c1ccc(Cl)cc1. The molecule has 0 bridgehead atoms. The zero-order valence-electron chi connectivity index (χ0n) is 15.6. The van der Waals surface area contributed by atoms with Crippen molar-refractivity contribution in [1.82, 2.24) is 19.7 Å². The van der Waals surface area contributed by atoms with E-state index in [0.29, 0.717) is 23.4 Å². The van der Waals surface area contributed by atoms with E-state index in [4.69, 9.17) is 11.6 Å². The first kappa shape index (κ1) is 19.0. The quantitative estimate of drug-likeness (QED) is 0.539. The minimum Gasteiger partial charge on any atom is -0.335 e. The lowest BCUT2D eigenvalue weighted by Crippen LogP contribution is -2.34. The number of aromatic nitrogens is 3. The molecule has 0 N–H and O–H groups in total. The fourth-order valence-electron chi connectivity index (χ4n) is 3.09. The Labute approximate surface area is 173 Å². The van der Waals surface area contributed by atoms with Crippen molar-refractivity contribution in [2.45, 2.75) is 30.6 Å². The van der Waals surface area contributed by atoms with E-state index < -0.39 is 0 Å². The summed E-state index contributed by atoms with van der Waals surface area (Å²) in [5, 5.41) is 9.96. The first-order valence-corrected chi connectivity index (χ1v) is 10.6. The summed E-state index contributed by atoms with van der Waals surface area (Å²) in [4.78, 5) is 14.9. The minimum atomic E-state index is 0.146. The second kappa shape index (κ2) is 8.37. The van der Waals surface area contributed by atoms with Crippen LogP contribution in [0.1, 0.15) is 18.4 Å². The average Bonchev–Trinajstić information content (AvgIpc) is 3.49. The second-order valence-electron chi connectivity index (χ2n) is 6.90. The molecule has 1 aromatic heterocycles. The molecule has 0 radical (unpaired) electrons. The third-order valence-corrected chi connectivity index (χ3v) is 6.02. The van der Waals surface area contributed by atoms with Gasteiger partial charge in [-0.05, 0) is 42.7 Å². The Morgan fingerprint density at radius 1 is 1.14 bits per heavy atom. The lowest BCUT2D eigenvalue weighted by atomic mass is 10.2. The van der Waals surface area contributed by atoms with Crippen LogP contribution < -0.4 is 0 Å². The summed E-state index contributed by atoms with van der Waals surface area (Å²) in [5.41, 5.74) is 2.11. The van der Waals surface area contributed by atoms with E-state index in [-0.39, 0.29) is 5.91 Å². The van der Waals surface area contributed by atoms with Gasteiger partial charge in [0.15, 0.2) is 11.0 Å². The van der Waals surface area contributed by atoms with E-state index in [0.717, 1.165) is 34.9 Å². The number of benzene rings is 2. The molecular formula is C21H21ClN4OS. The van der Waals surface area contributed by atoms with E-state index in [2.05, 4.69) is 22.3 Å². The molecule has 3 aromatic rings. The van der Waals surface area contributed by atoms with Gasteiger partial charge in [0.2, 0.25) is 5.91 Å². The third kappa shape index (κ3) is 4.39. The zero-order chi connectivity index (χ0) is 19.5. The molecule has 1 heterocycles. The summed E-state index contributed by atoms with van der Waals surface area (Å²) in [6.45, 7) is 0.666. The van der Waals surface area contributed by atoms with Crippen LogP contribution in [0, 0.1) is 0 Å². The molecule has 2 aromatic carbocycles. The predicted octanol–water partition coefficient (Wildman–Crippen LogP) is 4.42. The number of amides is 1. The van der Waals surface area contributed by atoms with Crippen LogP contribution in [0.2, 0.25) is 5.02 Å². The maximum Gasteiger partial charge on any atom is 0.233 e. The van der Waals surface area contributed by atoms with E-state index in [1.807, 2.05) is 59.0 Å². The van der Waals surface area contributed by atoms with Crippen LogP contribution in [0.15, 0.2) is 59.8 Å². The minimum absolute atomic E-state index is 0.146. The maximum atomic E-state index is 12.9. The summed E-state index contributed by atoms with van der Waals surface area (Å²) >= 11 is 7.39. The van der Waals surface area contributed by atoms with Crippen molar-refractivity contribution < 1.29 is 4.79 Å². The number of halogens is 1. The molecule has 0 unspecified atom stereocenters. The van der Waals surface area contributed by atoms with Gasteiger partial charge >= 0.3 is 0 Å². The Balaban J connectivity index is 1.42. The van der Waals surface area contributed by atoms with Gasteiger partial charge in [-0.15, -0.1) is 10.2 Å². The number of nitrogens with zero attached hydrogens (tertiary/aromatic N) is 4. The number of carbonyl (C=O) groups excluding carboxylic acids is 1. The van der Waals surface area contributed by atoms with E-state index in [9.17, 15) is 4.79 Å². The maximum absolute atomic E-state index is 12.9. The van der Waals surface area contributed by atoms with Crippen molar-refractivity contribution in [1.29, 1.82) is 0 Å². The lowest BCUT2D eigenvalue weighted by Gasteiger charge is -2.22. The molecule has 1 aliphatic carbocycles. The number of carbonyl (C=O) groups is 1. The van der Waals surface area contributed by atoms with Crippen molar-refractivity contribution in [2.24, 2.45) is 7.05 Å². The highest BCUT2D eigenvalue weighted by Crippen LogP contribution is 2.30. The molecule has 1 saturated carbocycles. The number of hydrogen-bond acceptors (Lipinski definition) is 4. The van der Waals surface area contributed by atoms with Gasteiger partial charge in [0.05, 0.1) is 5.75 Å². The van der Waals surface area contributed by atoms with Crippen LogP contribution in [-0.2, 0) is 18.4 Å². The fraction of sp³-hybridized carbons (Fsp3) is 0.286. The Morgan fingerprint density at radius 2 is 1.86 bits per heavy atom. The summed E-state index contributed by atoms with van der Waals surface area (Å²) < 4.78 is 1.92. The van der Waals surface area contributed by atoms with Crippen molar-refractivity contribution in [3.8, 4) is 11.4 Å². The second-order valence-corrected chi connectivity index (χ2v) is 8.28. The van der Waals surface area contributed by atoms with Gasteiger partial charge in [-0.3, -0.25) is 4.79 Å². The molecule has 0 atom stereocenters. The Bertz CT molecular complexity index is 954. The van der Waals surface area contributed by atoms with Crippen molar-refractivity contribution in [3.63, 3.8) is 0 Å². The van der Waals surface area contributed by atoms with Crippen molar-refractivity contribution in [3.05, 3.63) is 65.2 Å². The first-order chi connectivity index (χ1) is 13.6. The highest BCUT2D eigenvalue weighted by Gasteiger charge is 2.32. The van der Waals surface area contributed by atoms with Gasteiger partial charge in [-0.25, -0.2) is 0 Å². The molecule has 5 nitrogen and oxygen atoms in total. The molecule has 4 rings (SSSR count). The van der Waals surface area contributed by atoms with Gasteiger partial charge in [0.1, 0.15) is 0 Å². The van der Waals surface area contributed by atoms with E-state index >= 15 is 0 Å².